The van der Waals surface area contributed by atoms with E-state index in [1.54, 1.807) is 0 Å². The number of imidazole rings is 1. The van der Waals surface area contributed by atoms with Crippen LogP contribution in [-0.2, 0) is 0 Å². The van der Waals surface area contributed by atoms with Gasteiger partial charge in [0.15, 0.2) is 0 Å². The van der Waals surface area contributed by atoms with Crippen molar-refractivity contribution in [3.8, 4) is 11.3 Å². The van der Waals surface area contributed by atoms with Crippen LogP contribution in [0.5, 0.6) is 0 Å². The number of aryl methyl sites for hydroxylation is 1. The van der Waals surface area contributed by atoms with Gasteiger partial charge in [-0.2, -0.15) is 0 Å². The highest BCUT2D eigenvalue weighted by molar-refractivity contribution is 9.10. The fourth-order valence-electron chi connectivity index (χ4n) is 2.02. The maximum Gasteiger partial charge on any atom is 0.139 e. The number of hydrogen-bond donors (Lipinski definition) is 1. The normalized spacial score (nSPS) is 11.0. The Morgan fingerprint density at radius 3 is 2.83 bits per heavy atom. The molecule has 0 aliphatic heterocycles. The van der Waals surface area contributed by atoms with Crippen molar-refractivity contribution in [1.29, 1.82) is 0 Å². The number of nitrogens with two attached hydrogens (primary N) is 1. The van der Waals surface area contributed by atoms with E-state index in [0.29, 0.717) is 5.82 Å². The van der Waals surface area contributed by atoms with Crippen LogP contribution >= 0.6 is 15.9 Å². The molecule has 4 heteroatoms. The summed E-state index contributed by atoms with van der Waals surface area (Å²) in [6.45, 7) is 2.04. The highest BCUT2D eigenvalue weighted by Crippen LogP contribution is 2.28. The third-order valence-corrected chi connectivity index (χ3v) is 3.39. The second-order valence-electron chi connectivity index (χ2n) is 4.29. The quantitative estimate of drug-likeness (QED) is 0.745. The zero-order valence-corrected chi connectivity index (χ0v) is 11.5. The number of anilines is 1. The van der Waals surface area contributed by atoms with Crippen molar-refractivity contribution in [2.45, 2.75) is 6.92 Å². The Labute approximate surface area is 113 Å². The number of nitrogens with zero attached hydrogens (tertiary/aromatic N) is 2. The van der Waals surface area contributed by atoms with Crippen LogP contribution in [-0.4, -0.2) is 9.38 Å². The van der Waals surface area contributed by atoms with E-state index in [1.165, 1.54) is 0 Å². The minimum Gasteiger partial charge on any atom is -0.383 e. The summed E-state index contributed by atoms with van der Waals surface area (Å²) >= 11 is 3.46. The van der Waals surface area contributed by atoms with Gasteiger partial charge in [-0.15, -0.1) is 0 Å². The lowest BCUT2D eigenvalue weighted by atomic mass is 10.1. The molecule has 0 saturated heterocycles. The van der Waals surface area contributed by atoms with Crippen LogP contribution in [0.25, 0.3) is 16.9 Å². The molecule has 0 atom stereocenters. The van der Waals surface area contributed by atoms with Gasteiger partial charge in [-0.1, -0.05) is 34.1 Å². The molecule has 0 saturated carbocycles. The van der Waals surface area contributed by atoms with E-state index in [-0.39, 0.29) is 0 Å². The maximum absolute atomic E-state index is 6.18. The highest BCUT2D eigenvalue weighted by Gasteiger charge is 2.11. The summed E-state index contributed by atoms with van der Waals surface area (Å²) in [7, 11) is 0. The van der Waals surface area contributed by atoms with Gasteiger partial charge in [-0.05, 0) is 30.7 Å². The number of benzene rings is 1. The fraction of sp³-hybridized carbons (Fsp3) is 0.0714. The van der Waals surface area contributed by atoms with E-state index in [9.17, 15) is 0 Å². The minimum atomic E-state index is 0.673. The third-order valence-electron chi connectivity index (χ3n) is 2.90. The molecule has 0 spiro atoms. The molecule has 0 radical (unpaired) electrons. The SMILES string of the molecule is Cc1ccc2nc(-c3cccc(Br)c3)c(N)n2c1. The fourth-order valence-corrected chi connectivity index (χ4v) is 2.42. The lowest BCUT2D eigenvalue weighted by molar-refractivity contribution is 1.16. The van der Waals surface area contributed by atoms with E-state index in [2.05, 4.69) is 20.9 Å². The smallest absolute Gasteiger partial charge is 0.139 e. The molecule has 0 aliphatic rings. The monoisotopic (exact) mass is 301 g/mol. The van der Waals surface area contributed by atoms with Crippen molar-refractivity contribution in [3.05, 3.63) is 52.6 Å². The van der Waals surface area contributed by atoms with Gasteiger partial charge in [-0.25, -0.2) is 4.98 Å². The Bertz CT molecular complexity index is 731. The predicted octanol–water partition coefficient (Wildman–Crippen LogP) is 3.65. The molecular formula is C14H12BrN3. The summed E-state index contributed by atoms with van der Waals surface area (Å²) in [5.41, 5.74) is 10.0. The molecule has 2 aromatic heterocycles. The zero-order chi connectivity index (χ0) is 12.7. The number of nitrogen functional groups attached to an aromatic ring is 1. The number of halogens is 1. The molecular weight excluding hydrogens is 290 g/mol. The van der Waals surface area contributed by atoms with Crippen molar-refractivity contribution in [3.63, 3.8) is 0 Å². The largest absolute Gasteiger partial charge is 0.383 e. The number of rotatable bonds is 1. The minimum absolute atomic E-state index is 0.673. The number of aromatic nitrogens is 2. The van der Waals surface area contributed by atoms with Gasteiger partial charge in [-0.3, -0.25) is 4.40 Å². The van der Waals surface area contributed by atoms with E-state index >= 15 is 0 Å². The Kier molecular flexibility index (Phi) is 2.59. The van der Waals surface area contributed by atoms with Gasteiger partial charge in [0.2, 0.25) is 0 Å². The van der Waals surface area contributed by atoms with E-state index in [1.807, 2.05) is 53.9 Å². The van der Waals surface area contributed by atoms with Crippen LogP contribution in [0.4, 0.5) is 5.82 Å². The van der Waals surface area contributed by atoms with Crippen LogP contribution < -0.4 is 5.73 Å². The Hall–Kier alpha value is -1.81. The molecule has 0 aliphatic carbocycles. The van der Waals surface area contributed by atoms with Crippen LogP contribution in [0, 0.1) is 6.92 Å². The molecule has 0 bridgehead atoms. The van der Waals surface area contributed by atoms with Gasteiger partial charge in [0, 0.05) is 16.2 Å². The van der Waals surface area contributed by atoms with Gasteiger partial charge < -0.3 is 5.73 Å². The van der Waals surface area contributed by atoms with E-state index < -0.39 is 0 Å². The molecule has 0 unspecified atom stereocenters. The number of hydrogen-bond acceptors (Lipinski definition) is 2. The standard InChI is InChI=1S/C14H12BrN3/c1-9-5-6-12-17-13(14(16)18(12)8-9)10-3-2-4-11(15)7-10/h2-8H,16H2,1H3. The molecule has 0 amide bonds. The van der Waals surface area contributed by atoms with Crippen LogP contribution in [0.1, 0.15) is 5.56 Å². The lowest BCUT2D eigenvalue weighted by Gasteiger charge is -2.00. The molecule has 90 valence electrons. The summed E-state index contributed by atoms with van der Waals surface area (Å²) in [4.78, 5) is 4.58. The molecule has 2 heterocycles. The van der Waals surface area contributed by atoms with Gasteiger partial charge >= 0.3 is 0 Å². The summed E-state index contributed by atoms with van der Waals surface area (Å²) < 4.78 is 2.94. The topological polar surface area (TPSA) is 43.3 Å². The highest BCUT2D eigenvalue weighted by atomic mass is 79.9. The molecule has 3 nitrogen and oxygen atoms in total. The third kappa shape index (κ3) is 1.78. The molecule has 18 heavy (non-hydrogen) atoms. The summed E-state index contributed by atoms with van der Waals surface area (Å²) in [5.74, 6) is 0.673. The van der Waals surface area contributed by atoms with Gasteiger partial charge in [0.1, 0.15) is 17.2 Å². The predicted molar refractivity (Wildman–Crippen MR) is 77.5 cm³/mol. The molecule has 3 aromatic rings. The van der Waals surface area contributed by atoms with E-state index in [4.69, 9.17) is 5.73 Å². The van der Waals surface area contributed by atoms with Crippen molar-refractivity contribution < 1.29 is 0 Å². The number of fused-ring (bicyclic) bond motifs is 1. The number of pyridine rings is 1. The first-order valence-corrected chi connectivity index (χ1v) is 6.44. The van der Waals surface area contributed by atoms with Crippen LogP contribution in [0.3, 0.4) is 0 Å². The van der Waals surface area contributed by atoms with Gasteiger partial charge in [0.05, 0.1) is 0 Å². The molecule has 2 N–H and O–H groups in total. The second-order valence-corrected chi connectivity index (χ2v) is 5.21. The summed E-state index contributed by atoms with van der Waals surface area (Å²) in [6, 6.07) is 12.0. The molecule has 1 aromatic carbocycles. The zero-order valence-electron chi connectivity index (χ0n) is 9.89. The molecule has 0 fully saturated rings. The van der Waals surface area contributed by atoms with Crippen molar-refractivity contribution in [2.75, 3.05) is 5.73 Å². The van der Waals surface area contributed by atoms with Crippen molar-refractivity contribution >= 4 is 27.4 Å². The van der Waals surface area contributed by atoms with Crippen LogP contribution in [0.2, 0.25) is 0 Å². The Balaban J connectivity index is 2.27. The average molecular weight is 302 g/mol. The lowest BCUT2D eigenvalue weighted by Crippen LogP contribution is -1.94. The first-order valence-electron chi connectivity index (χ1n) is 5.65. The maximum atomic E-state index is 6.18. The van der Waals surface area contributed by atoms with Gasteiger partial charge in [0.25, 0.3) is 0 Å². The van der Waals surface area contributed by atoms with Crippen molar-refractivity contribution in [2.24, 2.45) is 0 Å². The first kappa shape index (κ1) is 11.3. The van der Waals surface area contributed by atoms with E-state index in [0.717, 1.165) is 26.9 Å². The summed E-state index contributed by atoms with van der Waals surface area (Å²) in [6.07, 6.45) is 2.00. The average Bonchev–Trinajstić information content (AvgIpc) is 2.67. The second kappa shape index (κ2) is 4.14. The first-order chi connectivity index (χ1) is 8.65. The van der Waals surface area contributed by atoms with Crippen molar-refractivity contribution in [1.82, 2.24) is 9.38 Å². The Morgan fingerprint density at radius 1 is 1.22 bits per heavy atom. The Morgan fingerprint density at radius 2 is 2.06 bits per heavy atom. The summed E-state index contributed by atoms with van der Waals surface area (Å²) in [5, 5.41) is 0. The van der Waals surface area contributed by atoms with Crippen LogP contribution in [0.15, 0.2) is 47.1 Å². The molecule has 3 rings (SSSR count).